The van der Waals surface area contributed by atoms with Crippen LogP contribution in [0.2, 0.25) is 0 Å². The van der Waals surface area contributed by atoms with Crippen LogP contribution in [-0.2, 0) is 6.54 Å². The summed E-state index contributed by atoms with van der Waals surface area (Å²) in [5.74, 6) is 0. The van der Waals surface area contributed by atoms with Crippen molar-refractivity contribution in [3.05, 3.63) is 63.7 Å². The fraction of sp³-hybridized carbons (Fsp3) is 0.455. The molecule has 0 unspecified atom stereocenters. The van der Waals surface area contributed by atoms with E-state index in [1.165, 1.54) is 14.8 Å². The maximum atomic E-state index is 10.7. The van der Waals surface area contributed by atoms with Crippen molar-refractivity contribution < 1.29 is 5.11 Å². The maximum Gasteiger partial charge on any atom is 0.0720 e. The van der Waals surface area contributed by atoms with Gasteiger partial charge in [0.1, 0.15) is 0 Å². The number of piperazine rings is 1. The Morgan fingerprint density at radius 2 is 1.59 bits per heavy atom. The number of hydrogen-bond donors (Lipinski definition) is 1. The molecule has 2 aromatic carbocycles. The van der Waals surface area contributed by atoms with Crippen LogP contribution in [0.15, 0.2) is 54.6 Å². The lowest BCUT2D eigenvalue weighted by Crippen LogP contribution is -2.59. The van der Waals surface area contributed by atoms with E-state index in [0.29, 0.717) is 0 Å². The Labute approximate surface area is 175 Å². The van der Waals surface area contributed by atoms with Gasteiger partial charge in [0.05, 0.1) is 6.10 Å². The molecule has 0 spiro atoms. The zero-order valence-corrected chi connectivity index (χ0v) is 17.8. The van der Waals surface area contributed by atoms with Crippen LogP contribution < -0.4 is 4.90 Å². The molecule has 0 bridgehead atoms. The topological polar surface area (TPSA) is 30.0 Å². The normalized spacial score (nSPS) is 24.9. The first-order valence-electron chi connectivity index (χ1n) is 9.88. The molecule has 0 aliphatic carbocycles. The highest BCUT2D eigenvalue weighted by Crippen LogP contribution is 2.23. The molecular weight excluding hydrogens is 447 g/mol. The van der Waals surface area contributed by atoms with Crippen LogP contribution in [0.5, 0.6) is 0 Å². The molecule has 4 rings (SSSR count). The number of rotatable bonds is 4. The highest BCUT2D eigenvalue weighted by molar-refractivity contribution is 14.1. The van der Waals surface area contributed by atoms with Gasteiger partial charge in [-0.05, 0) is 52.8 Å². The quantitative estimate of drug-likeness (QED) is 0.689. The van der Waals surface area contributed by atoms with Crippen molar-refractivity contribution >= 4 is 28.3 Å². The second kappa shape index (κ2) is 8.90. The molecule has 0 amide bonds. The van der Waals surface area contributed by atoms with Gasteiger partial charge in [-0.3, -0.25) is 9.80 Å². The van der Waals surface area contributed by atoms with Crippen molar-refractivity contribution in [2.45, 2.75) is 25.1 Å². The number of anilines is 1. The zero-order chi connectivity index (χ0) is 18.6. The van der Waals surface area contributed by atoms with Crippen molar-refractivity contribution in [2.75, 3.05) is 44.2 Å². The molecule has 0 saturated carbocycles. The number of aliphatic hydroxyl groups is 1. The molecule has 2 heterocycles. The molecular formula is C22H28IN3O. The number of para-hydroxylation sites is 1. The average molecular weight is 475 g/mol. The molecule has 144 valence electrons. The third-order valence-corrected chi connectivity index (χ3v) is 6.94. The predicted octanol–water partition coefficient (Wildman–Crippen LogP) is 3.05. The molecule has 0 aromatic heterocycles. The summed E-state index contributed by atoms with van der Waals surface area (Å²) in [6.07, 6.45) is 0.659. The summed E-state index contributed by atoms with van der Waals surface area (Å²) in [5, 5.41) is 10.7. The first kappa shape index (κ1) is 19.2. The summed E-state index contributed by atoms with van der Waals surface area (Å²) in [6, 6.07) is 19.5. The van der Waals surface area contributed by atoms with E-state index in [4.69, 9.17) is 0 Å². The van der Waals surface area contributed by atoms with E-state index in [1.807, 2.05) is 0 Å². The standard InChI is InChI=1S/C22H28IN3O/c23-20-9-5-4-6-18(20)16-24-11-10-22(27)21(17-24)26-14-12-25(13-15-26)19-7-2-1-3-8-19/h1-9,21-22,27H,10-17H2/t21-,22-/m0/s1/i23-2. The van der Waals surface area contributed by atoms with Crippen LogP contribution in [0, 0.1) is 3.57 Å². The number of likely N-dealkylation sites (tertiary alicyclic amines) is 1. The number of aliphatic hydroxyl groups excluding tert-OH is 1. The van der Waals surface area contributed by atoms with E-state index in [9.17, 15) is 5.11 Å². The third kappa shape index (κ3) is 4.65. The first-order chi connectivity index (χ1) is 13.2. The van der Waals surface area contributed by atoms with Gasteiger partial charge in [-0.1, -0.05) is 36.4 Å². The van der Waals surface area contributed by atoms with E-state index in [0.717, 1.165) is 52.2 Å². The molecule has 5 heteroatoms. The van der Waals surface area contributed by atoms with Crippen LogP contribution >= 0.6 is 22.6 Å². The van der Waals surface area contributed by atoms with Crippen molar-refractivity contribution in [3.8, 4) is 0 Å². The Morgan fingerprint density at radius 1 is 0.889 bits per heavy atom. The Balaban J connectivity index is 1.36. The van der Waals surface area contributed by atoms with Crippen LogP contribution in [0.4, 0.5) is 5.69 Å². The summed E-state index contributed by atoms with van der Waals surface area (Å²) in [4.78, 5) is 7.47. The van der Waals surface area contributed by atoms with Crippen molar-refractivity contribution in [2.24, 2.45) is 0 Å². The van der Waals surface area contributed by atoms with E-state index in [2.05, 4.69) is 91.9 Å². The number of halogens is 1. The summed E-state index contributed by atoms with van der Waals surface area (Å²) in [7, 11) is 0. The van der Waals surface area contributed by atoms with E-state index in [1.54, 1.807) is 0 Å². The van der Waals surface area contributed by atoms with Gasteiger partial charge in [-0.15, -0.1) is 0 Å². The minimum Gasteiger partial charge on any atom is -0.391 e. The summed E-state index contributed by atoms with van der Waals surface area (Å²) in [6.45, 7) is 7.02. The predicted molar refractivity (Wildman–Crippen MR) is 119 cm³/mol. The largest absolute Gasteiger partial charge is 0.391 e. The van der Waals surface area contributed by atoms with Crippen molar-refractivity contribution in [1.82, 2.24) is 9.80 Å². The van der Waals surface area contributed by atoms with Gasteiger partial charge in [0.15, 0.2) is 0 Å². The van der Waals surface area contributed by atoms with E-state index in [-0.39, 0.29) is 12.1 Å². The minimum atomic E-state index is -0.209. The van der Waals surface area contributed by atoms with Crippen molar-refractivity contribution in [1.29, 1.82) is 0 Å². The Bertz CT molecular complexity index is 733. The monoisotopic (exact) mass is 475 g/mol. The molecule has 2 aromatic rings. The smallest absolute Gasteiger partial charge is 0.0720 e. The van der Waals surface area contributed by atoms with Gasteiger partial charge in [-0.2, -0.15) is 0 Å². The number of hydrogen-bond acceptors (Lipinski definition) is 4. The number of benzene rings is 2. The van der Waals surface area contributed by atoms with Gasteiger partial charge >= 0.3 is 0 Å². The number of nitrogens with zero attached hydrogens (tertiary/aromatic N) is 3. The number of piperidine rings is 1. The molecule has 4 nitrogen and oxygen atoms in total. The fourth-order valence-electron chi connectivity index (χ4n) is 4.31. The SMILES string of the molecule is O[C@H]1CCN(Cc2ccccc2[125I])C[C@@H]1N1CCN(c2ccccc2)CC1. The van der Waals surface area contributed by atoms with Crippen LogP contribution in [-0.4, -0.2) is 66.3 Å². The molecule has 2 saturated heterocycles. The average Bonchev–Trinajstić information content (AvgIpc) is 2.72. The van der Waals surface area contributed by atoms with E-state index < -0.39 is 0 Å². The zero-order valence-electron chi connectivity index (χ0n) is 15.7. The summed E-state index contributed by atoms with van der Waals surface area (Å²) >= 11 is 2.42. The van der Waals surface area contributed by atoms with Gasteiger partial charge in [0, 0.05) is 61.1 Å². The fourth-order valence-corrected chi connectivity index (χ4v) is 4.86. The van der Waals surface area contributed by atoms with E-state index >= 15 is 0 Å². The van der Waals surface area contributed by atoms with Gasteiger partial charge < -0.3 is 10.0 Å². The first-order valence-corrected chi connectivity index (χ1v) is 11.0. The maximum absolute atomic E-state index is 10.7. The Morgan fingerprint density at radius 3 is 2.33 bits per heavy atom. The van der Waals surface area contributed by atoms with Crippen molar-refractivity contribution in [3.63, 3.8) is 0 Å². The van der Waals surface area contributed by atoms with Crippen LogP contribution in [0.3, 0.4) is 0 Å². The lowest BCUT2D eigenvalue weighted by molar-refractivity contribution is -0.0158. The Kier molecular flexibility index (Phi) is 6.32. The summed E-state index contributed by atoms with van der Waals surface area (Å²) < 4.78 is 1.33. The molecule has 27 heavy (non-hydrogen) atoms. The van der Waals surface area contributed by atoms with Gasteiger partial charge in [0.2, 0.25) is 0 Å². The summed E-state index contributed by atoms with van der Waals surface area (Å²) in [5.41, 5.74) is 2.70. The lowest BCUT2D eigenvalue weighted by Gasteiger charge is -2.46. The molecule has 2 fully saturated rings. The molecule has 2 aliphatic rings. The van der Waals surface area contributed by atoms with Gasteiger partial charge in [-0.25, -0.2) is 0 Å². The Hall–Kier alpha value is -1.15. The van der Waals surface area contributed by atoms with Crippen LogP contribution in [0.1, 0.15) is 12.0 Å². The highest BCUT2D eigenvalue weighted by Gasteiger charge is 2.34. The van der Waals surface area contributed by atoms with Gasteiger partial charge in [0.25, 0.3) is 0 Å². The second-order valence-electron chi connectivity index (χ2n) is 7.61. The molecule has 0 radical (unpaired) electrons. The molecule has 2 atom stereocenters. The molecule has 1 N–H and O–H groups in total. The lowest BCUT2D eigenvalue weighted by atomic mass is 9.99. The van der Waals surface area contributed by atoms with Crippen LogP contribution in [0.25, 0.3) is 0 Å². The second-order valence-corrected chi connectivity index (χ2v) is 8.77. The highest BCUT2D eigenvalue weighted by atomic mass is 125. The third-order valence-electron chi connectivity index (χ3n) is 5.89. The molecule has 2 aliphatic heterocycles. The minimum absolute atomic E-state index is 0.209.